The average Bonchev–Trinajstić information content (AvgIpc) is 3.74. The summed E-state index contributed by atoms with van der Waals surface area (Å²) in [6, 6.07) is 5.94. The summed E-state index contributed by atoms with van der Waals surface area (Å²) in [5.74, 6) is -0.838. The smallest absolute Gasteiger partial charge is 0.373 e. The fourth-order valence-corrected chi connectivity index (χ4v) is 5.00. The lowest BCUT2D eigenvalue weighted by molar-refractivity contribution is -0.137. The van der Waals surface area contributed by atoms with E-state index in [0.29, 0.717) is 42.7 Å². The molecule has 0 amide bonds. The van der Waals surface area contributed by atoms with E-state index in [9.17, 15) is 18.0 Å². The highest BCUT2D eigenvalue weighted by molar-refractivity contribution is 5.87. The molecule has 11 heteroatoms. The van der Waals surface area contributed by atoms with Crippen molar-refractivity contribution in [3.8, 4) is 11.3 Å². The summed E-state index contributed by atoms with van der Waals surface area (Å²) in [7, 11) is 0. The van der Waals surface area contributed by atoms with Crippen LogP contribution in [0.25, 0.3) is 22.4 Å². The molecule has 0 unspecified atom stereocenters. The molecule has 1 aromatic carbocycles. The summed E-state index contributed by atoms with van der Waals surface area (Å²) in [6.07, 6.45) is -0.0541. The van der Waals surface area contributed by atoms with Gasteiger partial charge in [-0.1, -0.05) is 0 Å². The van der Waals surface area contributed by atoms with Crippen LogP contribution < -0.4 is 5.56 Å². The van der Waals surface area contributed by atoms with Crippen LogP contribution in [0.1, 0.15) is 72.1 Å². The molecular formula is C28H25F4N5O2. The van der Waals surface area contributed by atoms with Crippen LogP contribution >= 0.6 is 0 Å². The number of nitrogens with zero attached hydrogens (tertiary/aromatic N) is 5. The van der Waals surface area contributed by atoms with Crippen molar-refractivity contribution in [1.29, 1.82) is 0 Å². The molecule has 39 heavy (non-hydrogen) atoms. The van der Waals surface area contributed by atoms with E-state index in [2.05, 4.69) is 19.9 Å². The van der Waals surface area contributed by atoms with Crippen LogP contribution in [0, 0.1) is 19.7 Å². The number of alkyl halides is 3. The first kappa shape index (κ1) is 25.5. The zero-order chi connectivity index (χ0) is 27.5. The van der Waals surface area contributed by atoms with Crippen molar-refractivity contribution in [3.63, 3.8) is 0 Å². The Morgan fingerprint density at radius 3 is 2.46 bits per heavy atom. The lowest BCUT2D eigenvalue weighted by Gasteiger charge is -2.29. The minimum absolute atomic E-state index is 0.0427. The molecule has 0 radical (unpaired) electrons. The average molecular weight is 540 g/mol. The predicted molar refractivity (Wildman–Crippen MR) is 135 cm³/mol. The highest BCUT2D eigenvalue weighted by Gasteiger charge is 2.33. The molecule has 2 aliphatic rings. The maximum atomic E-state index is 15.1. The lowest BCUT2D eigenvalue weighted by Crippen LogP contribution is -2.23. The number of hydrogen-bond donors (Lipinski definition) is 0. The minimum Gasteiger partial charge on any atom is -0.373 e. The fraction of sp³-hybridized carbons (Fsp3) is 0.393. The van der Waals surface area contributed by atoms with Crippen LogP contribution in [0.5, 0.6) is 0 Å². The van der Waals surface area contributed by atoms with Gasteiger partial charge in [0.15, 0.2) is 5.65 Å². The molecule has 0 N–H and O–H groups in total. The topological polar surface area (TPSA) is 82.8 Å². The molecule has 1 saturated carbocycles. The maximum absolute atomic E-state index is 15.1. The number of rotatable bonds is 4. The van der Waals surface area contributed by atoms with Gasteiger partial charge in [0, 0.05) is 36.4 Å². The van der Waals surface area contributed by atoms with E-state index in [1.807, 2.05) is 6.20 Å². The summed E-state index contributed by atoms with van der Waals surface area (Å²) in [4.78, 5) is 30.7. The molecule has 1 saturated heterocycles. The number of hydrogen-bond acceptors (Lipinski definition) is 6. The third kappa shape index (κ3) is 4.91. The van der Waals surface area contributed by atoms with Crippen molar-refractivity contribution >= 4 is 11.2 Å². The quantitative estimate of drug-likeness (QED) is 0.296. The number of benzene rings is 1. The van der Waals surface area contributed by atoms with Crippen molar-refractivity contribution in [2.45, 2.75) is 63.8 Å². The number of aromatic nitrogens is 5. The molecule has 2 atom stereocenters. The van der Waals surface area contributed by atoms with Crippen LogP contribution in [0.2, 0.25) is 0 Å². The van der Waals surface area contributed by atoms with Gasteiger partial charge in [-0.25, -0.2) is 24.3 Å². The number of fused-ring (bicyclic) bond motifs is 1. The van der Waals surface area contributed by atoms with Crippen molar-refractivity contribution in [3.05, 3.63) is 81.0 Å². The lowest BCUT2D eigenvalue weighted by atomic mass is 9.91. The van der Waals surface area contributed by atoms with E-state index in [0.717, 1.165) is 30.5 Å². The molecular weight excluding hydrogens is 514 g/mol. The normalized spacial score (nSPS) is 19.9. The van der Waals surface area contributed by atoms with Gasteiger partial charge in [-0.3, -0.25) is 4.79 Å². The monoisotopic (exact) mass is 539 g/mol. The van der Waals surface area contributed by atoms with Crippen molar-refractivity contribution in [2.24, 2.45) is 0 Å². The summed E-state index contributed by atoms with van der Waals surface area (Å²) < 4.78 is 62.5. The molecule has 1 aliphatic heterocycles. The summed E-state index contributed by atoms with van der Waals surface area (Å²) in [5, 5.41) is 0. The van der Waals surface area contributed by atoms with Crippen molar-refractivity contribution in [2.75, 3.05) is 6.61 Å². The van der Waals surface area contributed by atoms with Crippen LogP contribution in [0.3, 0.4) is 0 Å². The molecule has 7 nitrogen and oxygen atoms in total. The highest BCUT2D eigenvalue weighted by atomic mass is 19.4. The van der Waals surface area contributed by atoms with E-state index in [-0.39, 0.29) is 46.0 Å². The Morgan fingerprint density at radius 1 is 0.974 bits per heavy atom. The molecule has 4 heterocycles. The molecule has 2 fully saturated rings. The van der Waals surface area contributed by atoms with E-state index < -0.39 is 17.6 Å². The number of halogens is 4. The van der Waals surface area contributed by atoms with Crippen LogP contribution in [-0.4, -0.2) is 31.1 Å². The first-order valence-electron chi connectivity index (χ1n) is 12.8. The zero-order valence-electron chi connectivity index (χ0n) is 21.3. The highest BCUT2D eigenvalue weighted by Crippen LogP contribution is 2.40. The second-order valence-electron chi connectivity index (χ2n) is 10.2. The third-order valence-electron chi connectivity index (χ3n) is 7.43. The standard InChI is InChI=1S/C28H25F4N5O2/c1-14-15(2)34-27-25(33-14)24(20-7-4-18(12-21(20)29)28(30,31)32)35-26(36-27)16-9-10-39-22(11-16)17-3-8-23(38)37(13-17)19-5-6-19/h3-4,7-8,12-13,16,19,22H,5-6,9-11H2,1-2H3/t16-,22+/m0/s1. The molecule has 3 aromatic heterocycles. The van der Waals surface area contributed by atoms with Crippen molar-refractivity contribution in [1.82, 2.24) is 24.5 Å². The Balaban J connectivity index is 1.42. The first-order valence-corrected chi connectivity index (χ1v) is 12.8. The van der Waals surface area contributed by atoms with E-state index in [1.165, 1.54) is 0 Å². The molecule has 0 bridgehead atoms. The molecule has 6 rings (SSSR count). The molecule has 202 valence electrons. The number of ether oxygens (including phenoxy) is 1. The fourth-order valence-electron chi connectivity index (χ4n) is 5.00. The van der Waals surface area contributed by atoms with Gasteiger partial charge in [-0.05, 0) is 69.4 Å². The second kappa shape index (κ2) is 9.48. The van der Waals surface area contributed by atoms with Gasteiger partial charge in [0.1, 0.15) is 22.9 Å². The van der Waals surface area contributed by atoms with Crippen molar-refractivity contribution < 1.29 is 22.3 Å². The third-order valence-corrected chi connectivity index (χ3v) is 7.43. The van der Waals surface area contributed by atoms with E-state index in [4.69, 9.17) is 4.74 Å². The Kier molecular flexibility index (Phi) is 6.21. The Hall–Kier alpha value is -3.73. The van der Waals surface area contributed by atoms with E-state index in [1.54, 1.807) is 30.5 Å². The van der Waals surface area contributed by atoms with Gasteiger partial charge < -0.3 is 9.30 Å². The van der Waals surface area contributed by atoms with Crippen LogP contribution in [0.15, 0.2) is 41.3 Å². The van der Waals surface area contributed by atoms with Gasteiger partial charge in [0.25, 0.3) is 5.56 Å². The zero-order valence-corrected chi connectivity index (χ0v) is 21.3. The SMILES string of the molecule is Cc1nc2nc([C@H]3CCO[C@@H](c4ccc(=O)n(C5CC5)c4)C3)nc(-c3ccc(C(F)(F)F)cc3F)c2nc1C. The van der Waals surface area contributed by atoms with Gasteiger partial charge in [0.05, 0.1) is 23.1 Å². The summed E-state index contributed by atoms with van der Waals surface area (Å²) >= 11 is 0. The molecule has 4 aromatic rings. The summed E-state index contributed by atoms with van der Waals surface area (Å²) in [6.45, 7) is 3.94. The first-order chi connectivity index (χ1) is 18.6. The summed E-state index contributed by atoms with van der Waals surface area (Å²) in [5.41, 5.74) is 1.45. The maximum Gasteiger partial charge on any atom is 0.416 e. The second-order valence-corrected chi connectivity index (χ2v) is 10.2. The predicted octanol–water partition coefficient (Wildman–Crippen LogP) is 5.99. The van der Waals surface area contributed by atoms with Gasteiger partial charge in [0.2, 0.25) is 0 Å². The van der Waals surface area contributed by atoms with Crippen LogP contribution in [0.4, 0.5) is 17.6 Å². The van der Waals surface area contributed by atoms with Crippen LogP contribution in [-0.2, 0) is 10.9 Å². The molecule has 0 spiro atoms. The van der Waals surface area contributed by atoms with Gasteiger partial charge in [-0.15, -0.1) is 0 Å². The van der Waals surface area contributed by atoms with E-state index >= 15 is 4.39 Å². The Bertz CT molecular complexity index is 1650. The Morgan fingerprint density at radius 2 is 1.74 bits per heavy atom. The number of aryl methyl sites for hydroxylation is 2. The van der Waals surface area contributed by atoms with Gasteiger partial charge in [-0.2, -0.15) is 13.2 Å². The number of pyridine rings is 1. The van der Waals surface area contributed by atoms with Gasteiger partial charge >= 0.3 is 6.18 Å². The Labute approximate surface area is 220 Å². The minimum atomic E-state index is -4.68. The molecule has 1 aliphatic carbocycles. The largest absolute Gasteiger partial charge is 0.416 e.